The first-order chi connectivity index (χ1) is 6.86. The molecule has 0 heterocycles. The van der Waals surface area contributed by atoms with Gasteiger partial charge in [0.1, 0.15) is 17.2 Å². The van der Waals surface area contributed by atoms with Crippen LogP contribution in [0, 0.1) is 11.6 Å². The Morgan fingerprint density at radius 1 is 1.27 bits per heavy atom. The molecule has 0 fully saturated rings. The van der Waals surface area contributed by atoms with Crippen molar-refractivity contribution in [2.75, 3.05) is 0 Å². The number of nitrogens with two attached hydrogens (primary N) is 1. The molecule has 0 atom stereocenters. The van der Waals surface area contributed by atoms with Gasteiger partial charge in [-0.1, -0.05) is 6.07 Å². The molecule has 1 aromatic carbocycles. The minimum absolute atomic E-state index is 0.333. The predicted octanol–water partition coefficient (Wildman–Crippen LogP) is 1.15. The zero-order valence-electron chi connectivity index (χ0n) is 7.83. The average Bonchev–Trinajstić information content (AvgIpc) is 2.01. The summed E-state index contributed by atoms with van der Waals surface area (Å²) in [6, 6.07) is 2.90. The summed E-state index contributed by atoms with van der Waals surface area (Å²) in [5, 5.41) is 8.27. The lowest BCUT2D eigenvalue weighted by molar-refractivity contribution is -0.115. The summed E-state index contributed by atoms with van der Waals surface area (Å²) in [4.78, 5) is 19.4. The fourth-order valence-corrected chi connectivity index (χ4v) is 0.702. The van der Waals surface area contributed by atoms with Crippen LogP contribution in [0.3, 0.4) is 0 Å². The van der Waals surface area contributed by atoms with Crippen molar-refractivity contribution in [3.05, 3.63) is 35.4 Å². The molecule has 0 saturated carbocycles. The fraction of sp³-hybridized carbons (Fsp3) is 0.111. The first-order valence-electron chi connectivity index (χ1n) is 3.79. The summed E-state index contributed by atoms with van der Waals surface area (Å²) in [7, 11) is 0. The predicted molar refractivity (Wildman–Crippen MR) is 48.2 cm³/mol. The maximum Gasteiger partial charge on any atom is 0.341 e. The Kier molecular flexibility index (Phi) is 4.94. The molecule has 82 valence electrons. The van der Waals surface area contributed by atoms with Crippen LogP contribution in [0.25, 0.3) is 0 Å². The summed E-state index contributed by atoms with van der Waals surface area (Å²) < 4.78 is 25.0. The number of carbonyl (C=O) groups excluding carboxylic acids is 1. The molecule has 0 aliphatic heterocycles. The third-order valence-corrected chi connectivity index (χ3v) is 1.18. The van der Waals surface area contributed by atoms with Gasteiger partial charge in [-0.15, -0.1) is 0 Å². The maximum absolute atomic E-state index is 12.5. The Bertz CT molecular complexity index is 355. The van der Waals surface area contributed by atoms with Crippen molar-refractivity contribution in [3.8, 4) is 0 Å². The molecule has 0 radical (unpaired) electrons. The van der Waals surface area contributed by atoms with Crippen LogP contribution in [-0.4, -0.2) is 17.0 Å². The van der Waals surface area contributed by atoms with Crippen molar-refractivity contribution >= 4 is 11.9 Å². The summed E-state index contributed by atoms with van der Waals surface area (Å²) in [6.45, 7) is 1.31. The number of hydrogen-bond donors (Lipinski definition) is 2. The molecule has 1 amide bonds. The minimum atomic E-state index is -1.60. The Labute approximate surface area is 84.3 Å². The minimum Gasteiger partial charge on any atom is -0.477 e. The van der Waals surface area contributed by atoms with Crippen LogP contribution >= 0.6 is 0 Å². The molecule has 0 saturated heterocycles. The number of carbonyl (C=O) groups is 2. The van der Waals surface area contributed by atoms with Gasteiger partial charge in [0.15, 0.2) is 0 Å². The van der Waals surface area contributed by atoms with Crippen LogP contribution in [0.5, 0.6) is 0 Å². The van der Waals surface area contributed by atoms with Gasteiger partial charge in [-0.25, -0.2) is 13.6 Å². The Balaban J connectivity index is 0.000000423. The van der Waals surface area contributed by atoms with Gasteiger partial charge in [0.2, 0.25) is 5.91 Å². The van der Waals surface area contributed by atoms with E-state index in [9.17, 15) is 18.4 Å². The van der Waals surface area contributed by atoms with Crippen molar-refractivity contribution in [2.24, 2.45) is 5.73 Å². The van der Waals surface area contributed by atoms with E-state index in [0.29, 0.717) is 0 Å². The van der Waals surface area contributed by atoms with Gasteiger partial charge in [-0.2, -0.15) is 0 Å². The van der Waals surface area contributed by atoms with Crippen LogP contribution in [0.1, 0.15) is 17.3 Å². The highest BCUT2D eigenvalue weighted by molar-refractivity contribution is 5.88. The zero-order valence-corrected chi connectivity index (χ0v) is 7.83. The van der Waals surface area contributed by atoms with E-state index in [1.54, 1.807) is 0 Å². The number of aromatic carboxylic acids is 1. The molecular formula is C9H9F2NO3. The van der Waals surface area contributed by atoms with Gasteiger partial charge in [0.25, 0.3) is 0 Å². The third-order valence-electron chi connectivity index (χ3n) is 1.18. The molecule has 6 heteroatoms. The van der Waals surface area contributed by atoms with Crippen LogP contribution < -0.4 is 5.73 Å². The molecule has 3 N–H and O–H groups in total. The number of carboxylic acid groups (broad SMARTS) is 1. The zero-order chi connectivity index (χ0) is 12.0. The Hall–Kier alpha value is -1.98. The number of primary amides is 1. The standard InChI is InChI=1S/C7H4F2O2.C2H5NO/c8-4-2-1-3-5(9)6(4)7(10)11;1-2(3)4/h1-3H,(H,10,11);1H3,(H2,3,4). The van der Waals surface area contributed by atoms with E-state index in [0.717, 1.165) is 18.2 Å². The first-order valence-corrected chi connectivity index (χ1v) is 3.79. The summed E-state index contributed by atoms with van der Waals surface area (Å²) in [5.74, 6) is -4.05. The van der Waals surface area contributed by atoms with Gasteiger partial charge in [-0.05, 0) is 12.1 Å². The number of halogens is 2. The monoisotopic (exact) mass is 217 g/mol. The maximum atomic E-state index is 12.5. The number of benzene rings is 1. The van der Waals surface area contributed by atoms with Crippen molar-refractivity contribution in [1.82, 2.24) is 0 Å². The Morgan fingerprint density at radius 2 is 1.60 bits per heavy atom. The molecule has 0 bridgehead atoms. The van der Waals surface area contributed by atoms with Gasteiger partial charge in [0, 0.05) is 6.92 Å². The highest BCUT2D eigenvalue weighted by atomic mass is 19.1. The number of hydrogen-bond acceptors (Lipinski definition) is 2. The SMILES string of the molecule is CC(N)=O.O=C(O)c1c(F)cccc1F. The van der Waals surface area contributed by atoms with Crippen molar-refractivity contribution in [3.63, 3.8) is 0 Å². The Morgan fingerprint density at radius 3 is 1.80 bits per heavy atom. The van der Waals surface area contributed by atoms with E-state index in [-0.39, 0.29) is 5.91 Å². The topological polar surface area (TPSA) is 80.4 Å². The van der Waals surface area contributed by atoms with Crippen molar-refractivity contribution in [2.45, 2.75) is 6.92 Å². The number of carboxylic acids is 1. The van der Waals surface area contributed by atoms with Gasteiger partial charge < -0.3 is 10.8 Å². The molecule has 0 aliphatic rings. The van der Waals surface area contributed by atoms with Gasteiger partial charge in [0.05, 0.1) is 0 Å². The van der Waals surface area contributed by atoms with Gasteiger partial charge >= 0.3 is 5.97 Å². The van der Waals surface area contributed by atoms with E-state index in [2.05, 4.69) is 5.73 Å². The quantitative estimate of drug-likeness (QED) is 0.740. The van der Waals surface area contributed by atoms with Crippen molar-refractivity contribution in [1.29, 1.82) is 0 Å². The van der Waals surface area contributed by atoms with E-state index < -0.39 is 23.2 Å². The van der Waals surface area contributed by atoms with Crippen LogP contribution in [0.4, 0.5) is 8.78 Å². The molecule has 0 spiro atoms. The second kappa shape index (κ2) is 5.69. The molecular weight excluding hydrogens is 208 g/mol. The largest absolute Gasteiger partial charge is 0.477 e. The van der Waals surface area contributed by atoms with E-state index >= 15 is 0 Å². The molecule has 0 aromatic heterocycles. The summed E-state index contributed by atoms with van der Waals surface area (Å²) in [5.41, 5.74) is 3.56. The lowest BCUT2D eigenvalue weighted by Crippen LogP contribution is -2.03. The number of amides is 1. The molecule has 0 unspecified atom stereocenters. The second-order valence-corrected chi connectivity index (χ2v) is 2.51. The normalized spacial score (nSPS) is 8.73. The summed E-state index contributed by atoms with van der Waals surface area (Å²) >= 11 is 0. The fourth-order valence-electron chi connectivity index (χ4n) is 0.702. The van der Waals surface area contributed by atoms with Crippen molar-refractivity contribution < 1.29 is 23.5 Å². The third kappa shape index (κ3) is 4.70. The first kappa shape index (κ1) is 13.0. The van der Waals surface area contributed by atoms with E-state index in [4.69, 9.17) is 5.11 Å². The van der Waals surface area contributed by atoms with Crippen LogP contribution in [-0.2, 0) is 4.79 Å². The van der Waals surface area contributed by atoms with E-state index in [1.807, 2.05) is 0 Å². The molecule has 1 rings (SSSR count). The highest BCUT2D eigenvalue weighted by Crippen LogP contribution is 2.10. The smallest absolute Gasteiger partial charge is 0.341 e. The van der Waals surface area contributed by atoms with E-state index in [1.165, 1.54) is 6.92 Å². The number of rotatable bonds is 1. The molecule has 15 heavy (non-hydrogen) atoms. The van der Waals surface area contributed by atoms with Gasteiger partial charge in [-0.3, -0.25) is 4.79 Å². The lowest BCUT2D eigenvalue weighted by atomic mass is 10.2. The highest BCUT2D eigenvalue weighted by Gasteiger charge is 2.14. The summed E-state index contributed by atoms with van der Waals surface area (Å²) in [6.07, 6.45) is 0. The molecule has 0 aliphatic carbocycles. The second-order valence-electron chi connectivity index (χ2n) is 2.51. The average molecular weight is 217 g/mol. The van der Waals surface area contributed by atoms with Crippen LogP contribution in [0.2, 0.25) is 0 Å². The lowest BCUT2D eigenvalue weighted by Gasteiger charge is -1.96. The molecule has 1 aromatic rings. The van der Waals surface area contributed by atoms with Crippen LogP contribution in [0.15, 0.2) is 18.2 Å². The molecule has 4 nitrogen and oxygen atoms in total.